The smallest absolute Gasteiger partial charge is 0.0723 e. The van der Waals surface area contributed by atoms with Crippen LogP contribution in [0.1, 0.15) is 12.8 Å². The van der Waals surface area contributed by atoms with E-state index in [-0.39, 0.29) is 0 Å². The van der Waals surface area contributed by atoms with Crippen LogP contribution in [-0.4, -0.2) is 17.3 Å². The maximum Gasteiger partial charge on any atom is 0.0723 e. The number of para-hydroxylation sites is 1. The molecule has 3 rings (SSSR count). The van der Waals surface area contributed by atoms with E-state index in [9.17, 15) is 0 Å². The Kier molecular flexibility index (Phi) is 2.33. The van der Waals surface area contributed by atoms with Crippen molar-refractivity contribution in [3.8, 4) is 0 Å². The Labute approximate surface area is 93.8 Å². The second-order valence-electron chi connectivity index (χ2n) is 3.86. The number of nitrogens with one attached hydrogen (secondary N) is 1. The highest BCUT2D eigenvalue weighted by atomic mass is 32.2. The zero-order valence-corrected chi connectivity index (χ0v) is 9.39. The fourth-order valence-corrected chi connectivity index (χ4v) is 3.15. The number of hydrogen-bond acceptors (Lipinski definition) is 2. The number of benzene rings is 1. The van der Waals surface area contributed by atoms with Crippen molar-refractivity contribution >= 4 is 28.5 Å². The van der Waals surface area contributed by atoms with Crippen LogP contribution in [0.15, 0.2) is 30.5 Å². The molecule has 1 aromatic carbocycles. The van der Waals surface area contributed by atoms with Crippen molar-refractivity contribution in [3.05, 3.63) is 30.5 Å². The molecule has 2 heterocycles. The number of nitrogens with zero attached hydrogens (tertiary/aromatic N) is 1. The number of rotatable bonds is 1. The van der Waals surface area contributed by atoms with Gasteiger partial charge in [-0.2, -0.15) is 0 Å². The molecule has 78 valence electrons. The lowest BCUT2D eigenvalue weighted by Crippen LogP contribution is -2.20. The maximum atomic E-state index is 3.33. The normalized spacial score (nSPS) is 17.2. The lowest BCUT2D eigenvalue weighted by atomic mass is 10.2. The third-order valence-electron chi connectivity index (χ3n) is 2.84. The van der Waals surface area contributed by atoms with Gasteiger partial charge in [0.1, 0.15) is 0 Å². The first kappa shape index (κ1) is 9.16. The van der Waals surface area contributed by atoms with Crippen LogP contribution in [0.2, 0.25) is 0 Å². The van der Waals surface area contributed by atoms with Crippen LogP contribution in [0.25, 0.3) is 10.9 Å². The minimum absolute atomic E-state index is 1.17. The number of fused-ring (bicyclic) bond motifs is 1. The summed E-state index contributed by atoms with van der Waals surface area (Å²) in [6.07, 6.45) is 4.79. The number of H-pyrrole nitrogens is 1. The van der Waals surface area contributed by atoms with Gasteiger partial charge in [0.05, 0.1) is 5.69 Å². The predicted octanol–water partition coefficient (Wildman–Crippen LogP) is 3.42. The summed E-state index contributed by atoms with van der Waals surface area (Å²) in [4.78, 5) is 3.33. The van der Waals surface area contributed by atoms with Crippen molar-refractivity contribution in [2.75, 3.05) is 16.6 Å². The van der Waals surface area contributed by atoms with Crippen molar-refractivity contribution in [1.82, 2.24) is 4.98 Å². The highest BCUT2D eigenvalue weighted by molar-refractivity contribution is 8.00. The molecule has 1 aliphatic heterocycles. The first-order chi connectivity index (χ1) is 7.45. The number of hydrogen-bond donors (Lipinski definition) is 1. The Balaban J connectivity index is 2.02. The Hall–Kier alpha value is -1.09. The molecule has 1 saturated heterocycles. The second-order valence-corrected chi connectivity index (χ2v) is 4.97. The summed E-state index contributed by atoms with van der Waals surface area (Å²) < 4.78 is 2.42. The molecule has 0 amide bonds. The van der Waals surface area contributed by atoms with Crippen LogP contribution in [0.4, 0.5) is 5.69 Å². The van der Waals surface area contributed by atoms with Crippen LogP contribution < -0.4 is 4.31 Å². The summed E-state index contributed by atoms with van der Waals surface area (Å²) in [6, 6.07) is 8.50. The van der Waals surface area contributed by atoms with E-state index in [0.717, 1.165) is 0 Å². The SMILES string of the molecule is c1ccc2c(N3CCCCS3)c[nH]c2c1. The summed E-state index contributed by atoms with van der Waals surface area (Å²) in [7, 11) is 0. The van der Waals surface area contributed by atoms with E-state index in [0.29, 0.717) is 0 Å². The molecule has 0 spiro atoms. The van der Waals surface area contributed by atoms with Gasteiger partial charge < -0.3 is 9.29 Å². The van der Waals surface area contributed by atoms with E-state index in [1.807, 2.05) is 11.9 Å². The van der Waals surface area contributed by atoms with E-state index < -0.39 is 0 Å². The monoisotopic (exact) mass is 218 g/mol. The maximum absolute atomic E-state index is 3.33. The minimum Gasteiger partial charge on any atom is -0.359 e. The first-order valence-electron chi connectivity index (χ1n) is 5.42. The standard InChI is InChI=1S/C12H14N2S/c1-2-6-11-10(5-1)12(9-13-11)14-7-3-4-8-15-14/h1-2,5-6,9,13H,3-4,7-8H2. The average Bonchev–Trinajstić information content (AvgIpc) is 2.74. The molecular weight excluding hydrogens is 204 g/mol. The molecular formula is C12H14N2S. The molecule has 15 heavy (non-hydrogen) atoms. The zero-order valence-electron chi connectivity index (χ0n) is 8.57. The van der Waals surface area contributed by atoms with Crippen molar-refractivity contribution < 1.29 is 0 Å². The summed E-state index contributed by atoms with van der Waals surface area (Å²) in [5.74, 6) is 1.25. The van der Waals surface area contributed by atoms with Gasteiger partial charge in [-0.3, -0.25) is 0 Å². The van der Waals surface area contributed by atoms with Crippen LogP contribution in [0.3, 0.4) is 0 Å². The van der Waals surface area contributed by atoms with E-state index in [4.69, 9.17) is 0 Å². The first-order valence-corrected chi connectivity index (χ1v) is 6.36. The van der Waals surface area contributed by atoms with Gasteiger partial charge in [-0.05, 0) is 30.9 Å². The number of aromatic nitrogens is 1. The molecule has 1 aliphatic rings. The molecule has 2 nitrogen and oxygen atoms in total. The summed E-state index contributed by atoms with van der Waals surface area (Å²) in [6.45, 7) is 1.17. The van der Waals surface area contributed by atoms with E-state index in [1.54, 1.807) is 0 Å². The van der Waals surface area contributed by atoms with Crippen molar-refractivity contribution in [2.45, 2.75) is 12.8 Å². The summed E-state index contributed by atoms with van der Waals surface area (Å²) >= 11 is 1.95. The highest BCUT2D eigenvalue weighted by Crippen LogP contribution is 2.33. The van der Waals surface area contributed by atoms with Gasteiger partial charge in [-0.15, -0.1) is 0 Å². The van der Waals surface area contributed by atoms with Crippen molar-refractivity contribution in [3.63, 3.8) is 0 Å². The number of aromatic amines is 1. The van der Waals surface area contributed by atoms with Gasteiger partial charge in [-0.1, -0.05) is 18.2 Å². The van der Waals surface area contributed by atoms with E-state index >= 15 is 0 Å². The Morgan fingerprint density at radius 2 is 2.13 bits per heavy atom. The third kappa shape index (κ3) is 1.61. The van der Waals surface area contributed by atoms with Crippen molar-refractivity contribution in [1.29, 1.82) is 0 Å². The molecule has 1 N–H and O–H groups in total. The Morgan fingerprint density at radius 3 is 3.00 bits per heavy atom. The van der Waals surface area contributed by atoms with Crippen LogP contribution >= 0.6 is 11.9 Å². The van der Waals surface area contributed by atoms with E-state index in [1.165, 1.54) is 41.7 Å². The fourth-order valence-electron chi connectivity index (χ4n) is 2.05. The fraction of sp³-hybridized carbons (Fsp3) is 0.333. The molecule has 0 saturated carbocycles. The topological polar surface area (TPSA) is 19.0 Å². The molecule has 0 radical (unpaired) electrons. The zero-order chi connectivity index (χ0) is 10.1. The molecule has 0 bridgehead atoms. The quantitative estimate of drug-likeness (QED) is 0.740. The van der Waals surface area contributed by atoms with Crippen LogP contribution in [0.5, 0.6) is 0 Å². The third-order valence-corrected chi connectivity index (χ3v) is 4.00. The molecule has 3 heteroatoms. The molecule has 1 fully saturated rings. The van der Waals surface area contributed by atoms with Gasteiger partial charge in [0.25, 0.3) is 0 Å². The molecule has 0 unspecified atom stereocenters. The lowest BCUT2D eigenvalue weighted by Gasteiger charge is -2.26. The second kappa shape index (κ2) is 3.81. The summed E-state index contributed by atoms with van der Waals surface area (Å²) in [5.41, 5.74) is 2.58. The van der Waals surface area contributed by atoms with Gasteiger partial charge in [0.15, 0.2) is 0 Å². The Bertz CT molecular complexity index is 457. The average molecular weight is 218 g/mol. The summed E-state index contributed by atoms with van der Waals surface area (Å²) in [5, 5.41) is 1.34. The minimum atomic E-state index is 1.17. The Morgan fingerprint density at radius 1 is 1.20 bits per heavy atom. The van der Waals surface area contributed by atoms with Crippen molar-refractivity contribution in [2.24, 2.45) is 0 Å². The molecule has 0 aliphatic carbocycles. The molecule has 1 aromatic heterocycles. The van der Waals surface area contributed by atoms with Gasteiger partial charge in [-0.25, -0.2) is 0 Å². The van der Waals surface area contributed by atoms with Crippen LogP contribution in [-0.2, 0) is 0 Å². The molecule has 2 aromatic rings. The van der Waals surface area contributed by atoms with Gasteiger partial charge in [0.2, 0.25) is 0 Å². The highest BCUT2D eigenvalue weighted by Gasteiger charge is 2.14. The van der Waals surface area contributed by atoms with Gasteiger partial charge >= 0.3 is 0 Å². The number of anilines is 1. The largest absolute Gasteiger partial charge is 0.359 e. The van der Waals surface area contributed by atoms with Gasteiger partial charge in [0, 0.05) is 29.4 Å². The lowest BCUT2D eigenvalue weighted by molar-refractivity contribution is 0.792. The van der Waals surface area contributed by atoms with Crippen LogP contribution in [0, 0.1) is 0 Å². The predicted molar refractivity (Wildman–Crippen MR) is 67.3 cm³/mol. The van der Waals surface area contributed by atoms with E-state index in [2.05, 4.69) is 39.8 Å². The molecule has 0 atom stereocenters.